The lowest BCUT2D eigenvalue weighted by Gasteiger charge is -2.22. The monoisotopic (exact) mass is 327 g/mol. The molecule has 0 rings (SSSR count). The summed E-state index contributed by atoms with van der Waals surface area (Å²) < 4.78 is 6.66. The smallest absolute Gasteiger partial charge is 0.0634 e. The van der Waals surface area contributed by atoms with Gasteiger partial charge in [0, 0.05) is 7.11 Å². The van der Waals surface area contributed by atoms with Crippen molar-refractivity contribution in [3.63, 3.8) is 0 Å². The fourth-order valence-corrected chi connectivity index (χ4v) is 1.85. The molecule has 2 nitrogen and oxygen atoms in total. The Morgan fingerprint density at radius 2 is 1.73 bits per heavy atom. The van der Waals surface area contributed by atoms with Crippen LogP contribution in [-0.2, 0) is 4.74 Å². The van der Waals surface area contributed by atoms with Gasteiger partial charge in [-0.2, -0.15) is 0 Å². The van der Waals surface area contributed by atoms with Crippen LogP contribution in [0, 0.1) is 0 Å². The van der Waals surface area contributed by atoms with E-state index in [1.54, 1.807) is 7.11 Å². The molecule has 92 valence electrons. The Bertz CT molecular complexity index is 140. The number of hydrogen-bond donors (Lipinski definition) is 1. The molecular weight excluding hydrogens is 301 g/mol. The maximum Gasteiger partial charge on any atom is 0.0634 e. The summed E-state index contributed by atoms with van der Waals surface area (Å²) in [5.74, 6) is 0. The van der Waals surface area contributed by atoms with Crippen LogP contribution in [-0.4, -0.2) is 30.2 Å². The summed E-state index contributed by atoms with van der Waals surface area (Å²) in [4.78, 5) is 0. The Balaban J connectivity index is 3.11. The summed E-state index contributed by atoms with van der Waals surface area (Å²) in [6.07, 6.45) is 6.51. The lowest BCUT2D eigenvalue weighted by atomic mass is 10.1. The van der Waals surface area contributed by atoms with Crippen molar-refractivity contribution in [2.75, 3.05) is 24.6 Å². The quantitative estimate of drug-likeness (QED) is 0.377. The largest absolute Gasteiger partial charge is 0.379 e. The van der Waals surface area contributed by atoms with Crippen LogP contribution >= 0.6 is 22.6 Å². The van der Waals surface area contributed by atoms with E-state index in [4.69, 9.17) is 4.74 Å². The highest BCUT2D eigenvalue weighted by molar-refractivity contribution is 14.1. The predicted molar refractivity (Wildman–Crippen MR) is 75.9 cm³/mol. The van der Waals surface area contributed by atoms with Crippen molar-refractivity contribution in [2.45, 2.75) is 51.6 Å². The van der Waals surface area contributed by atoms with Crippen LogP contribution in [0.3, 0.4) is 0 Å². The molecule has 0 aromatic rings. The van der Waals surface area contributed by atoms with E-state index in [9.17, 15) is 0 Å². The van der Waals surface area contributed by atoms with Crippen molar-refractivity contribution >= 4 is 22.6 Å². The normalized spacial score (nSPS) is 12.0. The van der Waals surface area contributed by atoms with Gasteiger partial charge in [-0.1, -0.05) is 35.4 Å². The van der Waals surface area contributed by atoms with Gasteiger partial charge in [0.15, 0.2) is 0 Å². The number of nitrogens with one attached hydrogen (secondary N) is 1. The zero-order valence-corrected chi connectivity index (χ0v) is 12.6. The molecule has 0 saturated heterocycles. The van der Waals surface area contributed by atoms with Crippen molar-refractivity contribution in [1.82, 2.24) is 5.32 Å². The standard InChI is InChI=1S/C12H26INO/c1-12(2,15-3)8-11-14-10-7-5-4-6-9-13/h14H,4-11H2,1-3H3. The highest BCUT2D eigenvalue weighted by Crippen LogP contribution is 2.11. The second-order valence-electron chi connectivity index (χ2n) is 4.57. The van der Waals surface area contributed by atoms with Gasteiger partial charge in [0.05, 0.1) is 5.60 Å². The van der Waals surface area contributed by atoms with Gasteiger partial charge < -0.3 is 10.1 Å². The Kier molecular flexibility index (Phi) is 10.3. The third kappa shape index (κ3) is 10.9. The molecule has 0 aliphatic rings. The van der Waals surface area contributed by atoms with Crippen molar-refractivity contribution in [3.05, 3.63) is 0 Å². The number of hydrogen-bond acceptors (Lipinski definition) is 2. The fraction of sp³-hybridized carbons (Fsp3) is 1.00. The van der Waals surface area contributed by atoms with E-state index in [1.165, 1.54) is 30.1 Å². The molecule has 0 saturated carbocycles. The molecule has 0 aliphatic carbocycles. The van der Waals surface area contributed by atoms with Crippen molar-refractivity contribution in [3.8, 4) is 0 Å². The van der Waals surface area contributed by atoms with Crippen LogP contribution in [0.5, 0.6) is 0 Å². The zero-order valence-electron chi connectivity index (χ0n) is 10.4. The van der Waals surface area contributed by atoms with Gasteiger partial charge in [-0.15, -0.1) is 0 Å². The van der Waals surface area contributed by atoms with Crippen LogP contribution in [0.15, 0.2) is 0 Å². The zero-order chi connectivity index (χ0) is 11.6. The SMILES string of the molecule is COC(C)(C)CCNCCCCCCI. The Labute approximate surface area is 109 Å². The van der Waals surface area contributed by atoms with E-state index in [0.717, 1.165) is 19.5 Å². The average molecular weight is 327 g/mol. The maximum absolute atomic E-state index is 5.36. The third-order valence-electron chi connectivity index (χ3n) is 2.69. The van der Waals surface area contributed by atoms with Crippen LogP contribution in [0.1, 0.15) is 46.0 Å². The second-order valence-corrected chi connectivity index (χ2v) is 5.65. The van der Waals surface area contributed by atoms with E-state index in [-0.39, 0.29) is 5.60 Å². The molecule has 15 heavy (non-hydrogen) atoms. The minimum atomic E-state index is 0.0220. The van der Waals surface area contributed by atoms with Crippen LogP contribution in [0.4, 0.5) is 0 Å². The fourth-order valence-electron chi connectivity index (χ4n) is 1.31. The molecule has 0 spiro atoms. The molecule has 0 unspecified atom stereocenters. The van der Waals surface area contributed by atoms with Crippen molar-refractivity contribution in [2.24, 2.45) is 0 Å². The maximum atomic E-state index is 5.36. The average Bonchev–Trinajstić information content (AvgIpc) is 2.22. The van der Waals surface area contributed by atoms with Crippen molar-refractivity contribution in [1.29, 1.82) is 0 Å². The molecule has 0 amide bonds. The van der Waals surface area contributed by atoms with E-state index in [1.807, 2.05) is 0 Å². The Morgan fingerprint density at radius 1 is 1.07 bits per heavy atom. The second kappa shape index (κ2) is 9.85. The molecule has 0 aromatic heterocycles. The van der Waals surface area contributed by atoms with Gasteiger partial charge in [-0.25, -0.2) is 0 Å². The molecule has 0 atom stereocenters. The lowest BCUT2D eigenvalue weighted by molar-refractivity contribution is 0.0159. The van der Waals surface area contributed by atoms with E-state index in [0.29, 0.717) is 0 Å². The number of unbranched alkanes of at least 4 members (excludes halogenated alkanes) is 3. The number of alkyl halides is 1. The van der Waals surface area contributed by atoms with Gasteiger partial charge in [0.2, 0.25) is 0 Å². The van der Waals surface area contributed by atoms with E-state index < -0.39 is 0 Å². The first kappa shape index (κ1) is 15.7. The van der Waals surface area contributed by atoms with E-state index in [2.05, 4.69) is 41.8 Å². The van der Waals surface area contributed by atoms with Crippen LogP contribution in [0.2, 0.25) is 0 Å². The Hall–Kier alpha value is 0.650. The Morgan fingerprint density at radius 3 is 2.33 bits per heavy atom. The lowest BCUT2D eigenvalue weighted by Crippen LogP contribution is -2.29. The summed E-state index contributed by atoms with van der Waals surface area (Å²) in [6.45, 7) is 6.48. The number of halogens is 1. The molecular formula is C12H26INO. The molecule has 0 aliphatic heterocycles. The van der Waals surface area contributed by atoms with Crippen LogP contribution < -0.4 is 5.32 Å². The number of ether oxygens (including phenoxy) is 1. The van der Waals surface area contributed by atoms with Gasteiger partial charge in [-0.3, -0.25) is 0 Å². The summed E-state index contributed by atoms with van der Waals surface area (Å²) in [5.41, 5.74) is 0.0220. The minimum Gasteiger partial charge on any atom is -0.379 e. The molecule has 3 heteroatoms. The molecule has 0 bridgehead atoms. The summed E-state index contributed by atoms with van der Waals surface area (Å²) in [7, 11) is 1.78. The van der Waals surface area contributed by atoms with Gasteiger partial charge in [-0.05, 0) is 50.6 Å². The minimum absolute atomic E-state index is 0.0220. The van der Waals surface area contributed by atoms with Gasteiger partial charge >= 0.3 is 0 Å². The molecule has 0 heterocycles. The first-order valence-corrected chi connectivity index (χ1v) is 7.47. The molecule has 0 fully saturated rings. The summed E-state index contributed by atoms with van der Waals surface area (Å²) >= 11 is 2.45. The van der Waals surface area contributed by atoms with Gasteiger partial charge in [0.25, 0.3) is 0 Å². The predicted octanol–water partition coefficient (Wildman–Crippen LogP) is 3.39. The van der Waals surface area contributed by atoms with E-state index >= 15 is 0 Å². The topological polar surface area (TPSA) is 21.3 Å². The molecule has 1 N–H and O–H groups in total. The first-order chi connectivity index (χ1) is 7.12. The van der Waals surface area contributed by atoms with Crippen LogP contribution in [0.25, 0.3) is 0 Å². The highest BCUT2D eigenvalue weighted by atomic mass is 127. The summed E-state index contributed by atoms with van der Waals surface area (Å²) in [6, 6.07) is 0. The highest BCUT2D eigenvalue weighted by Gasteiger charge is 2.14. The third-order valence-corrected chi connectivity index (χ3v) is 3.46. The first-order valence-electron chi connectivity index (χ1n) is 5.94. The number of methoxy groups -OCH3 is 1. The molecule has 0 radical (unpaired) electrons. The van der Waals surface area contributed by atoms with Crippen molar-refractivity contribution < 1.29 is 4.74 Å². The van der Waals surface area contributed by atoms with Gasteiger partial charge in [0.1, 0.15) is 0 Å². The summed E-state index contributed by atoms with van der Waals surface area (Å²) in [5, 5.41) is 3.47. The molecule has 0 aromatic carbocycles. The number of rotatable bonds is 10.